The quantitative estimate of drug-likeness (QED) is 0.127. The van der Waals surface area contributed by atoms with Crippen molar-refractivity contribution in [3.05, 3.63) is 140 Å². The molecule has 1 radical (unpaired) electrons. The molecular weight excluding hydrogens is 558 g/mol. The topological polar surface area (TPSA) is 182 Å². The van der Waals surface area contributed by atoms with Crippen LogP contribution in [-0.4, -0.2) is 32.4 Å². The number of aliphatic hydroxyl groups excluding tert-OH is 1. The average Bonchev–Trinajstić information content (AvgIpc) is 2.92. The van der Waals surface area contributed by atoms with Crippen molar-refractivity contribution in [3.8, 4) is 0 Å². The van der Waals surface area contributed by atoms with Gasteiger partial charge in [0, 0.05) is 19.5 Å². The summed E-state index contributed by atoms with van der Waals surface area (Å²) in [7, 11) is 1.00. The number of benzene rings is 3. The molecule has 0 aliphatic heterocycles. The van der Waals surface area contributed by atoms with E-state index < -0.39 is 10.2 Å². The maximum absolute atomic E-state index is 8.25. The summed E-state index contributed by atoms with van der Waals surface area (Å²) in [6.45, 7) is 0.690. The number of hydrogen-bond donors (Lipinski definition) is 1. The molecule has 0 atom stereocenters. The van der Waals surface area contributed by atoms with Crippen LogP contribution >= 0.6 is 0 Å². The van der Waals surface area contributed by atoms with Crippen molar-refractivity contribution in [1.29, 1.82) is 0 Å². The molecule has 0 bridgehead atoms. The molecule has 0 saturated heterocycles. The van der Waals surface area contributed by atoms with Gasteiger partial charge in [-0.15, -0.1) is 0 Å². The number of fused-ring (bicyclic) bond motifs is 2. The summed E-state index contributed by atoms with van der Waals surface area (Å²) < 4.78 is 0. The molecule has 2 heterocycles. The fourth-order valence-corrected chi connectivity index (χ4v) is 3.74. The van der Waals surface area contributed by atoms with Crippen LogP contribution in [0.3, 0.4) is 0 Å². The minimum atomic E-state index is -1.75. The minimum Gasteiger partial charge on any atom is -0.400 e. The van der Waals surface area contributed by atoms with Gasteiger partial charge < -0.3 is 40.6 Å². The first-order chi connectivity index (χ1) is 18.4. The first kappa shape index (κ1) is 32.2. The Morgan fingerprint density at radius 3 is 1.38 bits per heavy atom. The predicted molar refractivity (Wildman–Crippen MR) is 145 cm³/mol. The van der Waals surface area contributed by atoms with Crippen molar-refractivity contribution in [3.63, 3.8) is 0 Å². The van der Waals surface area contributed by atoms with E-state index in [1.54, 1.807) is 0 Å². The number of rotatable bonds is 4. The van der Waals surface area contributed by atoms with Crippen LogP contribution in [0, 0.1) is 30.6 Å². The van der Waals surface area contributed by atoms with Crippen LogP contribution < -0.4 is 4.90 Å². The summed E-state index contributed by atoms with van der Waals surface area (Å²) >= 11 is 0. The fraction of sp³-hybridized carbons (Fsp3) is 0.0769. The van der Waals surface area contributed by atoms with Crippen LogP contribution in [0.15, 0.2) is 103 Å². The Bertz CT molecular complexity index is 1350. The van der Waals surface area contributed by atoms with Crippen molar-refractivity contribution in [1.82, 2.24) is 9.97 Å². The van der Waals surface area contributed by atoms with E-state index in [1.807, 2.05) is 48.8 Å². The fourth-order valence-electron chi connectivity index (χ4n) is 3.74. The second-order valence-electron chi connectivity index (χ2n) is 7.21. The zero-order valence-electron chi connectivity index (χ0n) is 20.5. The van der Waals surface area contributed by atoms with Crippen LogP contribution in [0.1, 0.15) is 5.56 Å². The van der Waals surface area contributed by atoms with Gasteiger partial charge in [0.1, 0.15) is 11.6 Å². The zero-order chi connectivity index (χ0) is 27.9. The number of pyridine rings is 2. The van der Waals surface area contributed by atoms with Gasteiger partial charge in [0.25, 0.3) is 0 Å². The molecule has 0 saturated carbocycles. The van der Waals surface area contributed by atoms with Gasteiger partial charge in [-0.25, -0.2) is 9.97 Å². The van der Waals surface area contributed by atoms with Gasteiger partial charge in [-0.3, -0.25) is 0 Å². The maximum atomic E-state index is 8.25. The van der Waals surface area contributed by atoms with E-state index in [0.29, 0.717) is 6.54 Å². The van der Waals surface area contributed by atoms with Crippen LogP contribution in [0.5, 0.6) is 0 Å². The molecule has 13 heteroatoms. The third kappa shape index (κ3) is 9.85. The van der Waals surface area contributed by atoms with Crippen LogP contribution in [-0.2, 0) is 23.6 Å². The smallest absolute Gasteiger partial charge is 0.400 e. The molecule has 3 aromatic carbocycles. The molecule has 5 rings (SSSR count). The first-order valence-electron chi connectivity index (χ1n) is 10.9. The van der Waals surface area contributed by atoms with E-state index in [4.69, 9.17) is 35.7 Å². The number of aromatic nitrogens is 2. The summed E-state index contributed by atoms with van der Waals surface area (Å²) in [6.07, 6.45) is 3.65. The number of nitrogens with zero attached hydrogens (tertiary/aromatic N) is 5. The first-order valence-corrected chi connectivity index (χ1v) is 10.9. The maximum Gasteiger partial charge on any atom is 2.00 e. The third-order valence-electron chi connectivity index (χ3n) is 5.05. The molecular formula is C26H23CuN5O7. The number of hydrogen-bond acceptors (Lipinski definition) is 10. The summed E-state index contributed by atoms with van der Waals surface area (Å²) in [5, 5.41) is 41.5. The van der Waals surface area contributed by atoms with Crippen LogP contribution in [0.25, 0.3) is 21.5 Å². The largest absolute Gasteiger partial charge is 2.00 e. The minimum absolute atomic E-state index is 0. The monoisotopic (exact) mass is 580 g/mol. The van der Waals surface area contributed by atoms with Gasteiger partial charge in [-0.2, -0.15) is 0 Å². The van der Waals surface area contributed by atoms with Gasteiger partial charge in [-0.05, 0) is 57.4 Å². The summed E-state index contributed by atoms with van der Waals surface area (Å²) in [4.78, 5) is 27.9. The standard InChI is InChI=1S/C25H19N3.CH4O.Cu.2NO3/c1-3-11-21-19(9-1)17-20-10-2-4-12-22(20)23(21)18-28(24-13-5-7-15-26-24)25-14-6-8-16-27-25;1-2;;2*2-1(3)4/h1-17H,18H2;2H,1H3;;;/q;;+2;2*-1. The molecule has 205 valence electrons. The van der Waals surface area contributed by atoms with E-state index in [1.165, 1.54) is 27.1 Å². The van der Waals surface area contributed by atoms with E-state index in [9.17, 15) is 0 Å². The van der Waals surface area contributed by atoms with Crippen molar-refractivity contribution in [2.45, 2.75) is 6.54 Å². The van der Waals surface area contributed by atoms with E-state index in [-0.39, 0.29) is 17.1 Å². The van der Waals surface area contributed by atoms with E-state index in [2.05, 4.69) is 69.5 Å². The van der Waals surface area contributed by atoms with Crippen molar-refractivity contribution in [2.75, 3.05) is 12.0 Å². The van der Waals surface area contributed by atoms with Gasteiger partial charge in [0.15, 0.2) is 0 Å². The Hall–Kier alpha value is -4.84. The normalized spacial score (nSPS) is 9.28. The summed E-state index contributed by atoms with van der Waals surface area (Å²) in [5.41, 5.74) is 1.28. The van der Waals surface area contributed by atoms with Crippen molar-refractivity contribution >= 4 is 33.2 Å². The third-order valence-corrected chi connectivity index (χ3v) is 5.05. The molecule has 0 aliphatic carbocycles. The Morgan fingerprint density at radius 2 is 1.03 bits per heavy atom. The Labute approximate surface area is 233 Å². The predicted octanol–water partition coefficient (Wildman–Crippen LogP) is 5.25. The molecule has 0 unspecified atom stereocenters. The zero-order valence-corrected chi connectivity index (χ0v) is 21.4. The Kier molecular flexibility index (Phi) is 13.9. The van der Waals surface area contributed by atoms with Crippen molar-refractivity contribution in [2.24, 2.45) is 0 Å². The molecule has 0 amide bonds. The molecule has 0 aliphatic rings. The molecule has 5 aromatic rings. The Balaban J connectivity index is 0.000000606. The second kappa shape index (κ2) is 16.8. The van der Waals surface area contributed by atoms with E-state index in [0.717, 1.165) is 18.7 Å². The molecule has 2 aromatic heterocycles. The van der Waals surface area contributed by atoms with Crippen LogP contribution in [0.4, 0.5) is 11.6 Å². The average molecular weight is 581 g/mol. The van der Waals surface area contributed by atoms with Crippen LogP contribution in [0.2, 0.25) is 0 Å². The molecule has 39 heavy (non-hydrogen) atoms. The molecule has 0 fully saturated rings. The summed E-state index contributed by atoms with van der Waals surface area (Å²) in [5.74, 6) is 1.77. The van der Waals surface area contributed by atoms with Gasteiger partial charge in [0.2, 0.25) is 0 Å². The van der Waals surface area contributed by atoms with Crippen molar-refractivity contribution < 1.29 is 32.3 Å². The van der Waals surface area contributed by atoms with E-state index >= 15 is 0 Å². The molecule has 12 nitrogen and oxygen atoms in total. The molecule has 1 N–H and O–H groups in total. The second-order valence-corrected chi connectivity index (χ2v) is 7.21. The number of anilines is 2. The Morgan fingerprint density at radius 1 is 0.667 bits per heavy atom. The van der Waals surface area contributed by atoms with Gasteiger partial charge in [0.05, 0.1) is 16.7 Å². The number of aliphatic hydroxyl groups is 1. The molecule has 0 spiro atoms. The van der Waals surface area contributed by atoms with Gasteiger partial charge >= 0.3 is 17.1 Å². The summed E-state index contributed by atoms with van der Waals surface area (Å²) in [6, 6.07) is 31.4. The van der Waals surface area contributed by atoms with Gasteiger partial charge in [-0.1, -0.05) is 60.7 Å². The SMILES string of the molecule is CO.O=[N+]([O-])[O-].O=[N+]([O-])[O-].[Cu+2].c1ccc(N(Cc2c3ccccc3cc3ccccc23)c2ccccn2)nc1.